The molecule has 8 heteroatoms. The summed E-state index contributed by atoms with van der Waals surface area (Å²) in [5.74, 6) is 1.41. The van der Waals surface area contributed by atoms with Crippen LogP contribution in [0.4, 0.5) is 5.82 Å². The Morgan fingerprint density at radius 2 is 1.96 bits per heavy atom. The van der Waals surface area contributed by atoms with Crippen LogP contribution in [-0.2, 0) is 6.54 Å². The van der Waals surface area contributed by atoms with Crippen molar-refractivity contribution < 1.29 is 0 Å². The molecular weight excluding hydrogens is 328 g/mol. The van der Waals surface area contributed by atoms with Gasteiger partial charge in [0.2, 0.25) is 0 Å². The van der Waals surface area contributed by atoms with Crippen LogP contribution >= 0.6 is 0 Å². The molecule has 4 heterocycles. The Morgan fingerprint density at radius 3 is 2.73 bits per heavy atom. The number of hydrogen-bond donors (Lipinski definition) is 0. The predicted molar refractivity (Wildman–Crippen MR) is 97.1 cm³/mol. The maximum atomic E-state index is 4.46. The molecule has 26 heavy (non-hydrogen) atoms. The van der Waals surface area contributed by atoms with Gasteiger partial charge >= 0.3 is 0 Å². The first kappa shape index (κ1) is 15.0. The lowest BCUT2D eigenvalue weighted by Crippen LogP contribution is -2.49. The summed E-state index contributed by atoms with van der Waals surface area (Å²) < 4.78 is 3.77. The van der Waals surface area contributed by atoms with Gasteiger partial charge in [0, 0.05) is 31.7 Å². The van der Waals surface area contributed by atoms with Gasteiger partial charge in [-0.2, -0.15) is 9.78 Å². The van der Waals surface area contributed by atoms with E-state index in [1.54, 1.807) is 11.0 Å². The quantitative estimate of drug-likeness (QED) is 0.561. The predicted octanol–water partition coefficient (Wildman–Crippen LogP) is 1.85. The third kappa shape index (κ3) is 2.50. The first-order chi connectivity index (χ1) is 12.8. The van der Waals surface area contributed by atoms with Crippen molar-refractivity contribution in [2.75, 3.05) is 18.0 Å². The Hall–Kier alpha value is -3.29. The molecule has 0 amide bonds. The molecule has 0 atom stereocenters. The number of nitrogens with zero attached hydrogens (tertiary/aromatic N) is 8. The lowest BCUT2D eigenvalue weighted by atomic mass is 10.0. The van der Waals surface area contributed by atoms with Crippen LogP contribution in [0.15, 0.2) is 49.1 Å². The van der Waals surface area contributed by atoms with Gasteiger partial charge < -0.3 is 4.90 Å². The molecule has 5 rings (SSSR count). The van der Waals surface area contributed by atoms with Gasteiger partial charge in [-0.3, -0.25) is 4.68 Å². The van der Waals surface area contributed by atoms with E-state index in [1.807, 2.05) is 41.2 Å². The molecule has 0 spiro atoms. The van der Waals surface area contributed by atoms with Crippen LogP contribution in [0.1, 0.15) is 5.56 Å². The van der Waals surface area contributed by atoms with E-state index in [0.717, 1.165) is 42.3 Å². The maximum Gasteiger partial charge on any atom is 0.189 e. The second-order valence-corrected chi connectivity index (χ2v) is 6.72. The number of benzene rings is 1. The monoisotopic (exact) mass is 346 g/mol. The number of para-hydroxylation sites is 1. The average molecular weight is 346 g/mol. The number of fused-ring (bicyclic) bond motifs is 1. The lowest BCUT2D eigenvalue weighted by molar-refractivity contribution is 0.341. The summed E-state index contributed by atoms with van der Waals surface area (Å²) in [4.78, 5) is 11.1. The van der Waals surface area contributed by atoms with E-state index in [0.29, 0.717) is 5.92 Å². The number of anilines is 1. The van der Waals surface area contributed by atoms with Crippen LogP contribution in [0, 0.1) is 12.8 Å². The van der Waals surface area contributed by atoms with E-state index in [-0.39, 0.29) is 0 Å². The van der Waals surface area contributed by atoms with Crippen LogP contribution < -0.4 is 4.90 Å². The molecule has 0 N–H and O–H groups in total. The first-order valence-corrected chi connectivity index (χ1v) is 8.64. The minimum Gasteiger partial charge on any atom is -0.354 e. The molecule has 0 unspecified atom stereocenters. The zero-order valence-electron chi connectivity index (χ0n) is 14.4. The Bertz CT molecular complexity index is 1050. The van der Waals surface area contributed by atoms with Crippen molar-refractivity contribution in [2.24, 2.45) is 5.92 Å². The topological polar surface area (TPSA) is 77.6 Å². The largest absolute Gasteiger partial charge is 0.354 e. The number of rotatable bonds is 4. The number of aryl methyl sites for hydroxylation is 1. The van der Waals surface area contributed by atoms with Crippen LogP contribution in [0.25, 0.3) is 16.9 Å². The summed E-state index contributed by atoms with van der Waals surface area (Å²) in [5, 5.41) is 13.0. The normalized spacial score (nSPS) is 14.7. The Morgan fingerprint density at radius 1 is 1.12 bits per heavy atom. The van der Waals surface area contributed by atoms with Crippen molar-refractivity contribution in [3.63, 3.8) is 0 Å². The van der Waals surface area contributed by atoms with Crippen LogP contribution in [0.2, 0.25) is 0 Å². The minimum atomic E-state index is 0.559. The van der Waals surface area contributed by atoms with E-state index in [9.17, 15) is 0 Å². The highest BCUT2D eigenvalue weighted by atomic mass is 15.5. The van der Waals surface area contributed by atoms with Gasteiger partial charge in [0.05, 0.1) is 11.9 Å². The molecule has 0 bridgehead atoms. The Labute approximate surface area is 150 Å². The van der Waals surface area contributed by atoms with Gasteiger partial charge in [-0.15, -0.1) is 5.10 Å². The molecule has 0 aliphatic carbocycles. The van der Waals surface area contributed by atoms with Gasteiger partial charge in [-0.25, -0.2) is 9.97 Å². The molecule has 1 aliphatic heterocycles. The third-order valence-corrected chi connectivity index (χ3v) is 4.68. The van der Waals surface area contributed by atoms with Crippen molar-refractivity contribution in [1.82, 2.24) is 34.7 Å². The van der Waals surface area contributed by atoms with E-state index in [2.05, 4.69) is 43.4 Å². The third-order valence-electron chi connectivity index (χ3n) is 4.68. The van der Waals surface area contributed by atoms with E-state index < -0.39 is 0 Å². The average Bonchev–Trinajstić information content (AvgIpc) is 3.24. The number of hydrogen-bond acceptors (Lipinski definition) is 6. The number of aromatic nitrogens is 7. The van der Waals surface area contributed by atoms with E-state index in [1.165, 1.54) is 5.56 Å². The van der Waals surface area contributed by atoms with Crippen molar-refractivity contribution in [3.05, 3.63) is 54.6 Å². The summed E-state index contributed by atoms with van der Waals surface area (Å²) >= 11 is 0. The van der Waals surface area contributed by atoms with Gasteiger partial charge in [-0.1, -0.05) is 23.4 Å². The van der Waals surface area contributed by atoms with Crippen molar-refractivity contribution in [2.45, 2.75) is 13.5 Å². The Kier molecular flexibility index (Phi) is 3.41. The molecule has 1 aromatic carbocycles. The second kappa shape index (κ2) is 5.91. The van der Waals surface area contributed by atoms with Gasteiger partial charge in [-0.05, 0) is 24.6 Å². The summed E-state index contributed by atoms with van der Waals surface area (Å²) in [7, 11) is 0. The highest BCUT2D eigenvalue weighted by Crippen LogP contribution is 2.28. The molecule has 8 nitrogen and oxygen atoms in total. The summed E-state index contributed by atoms with van der Waals surface area (Å²) in [6, 6.07) is 9.90. The highest BCUT2D eigenvalue weighted by Gasteiger charge is 2.30. The van der Waals surface area contributed by atoms with Crippen molar-refractivity contribution in [1.29, 1.82) is 0 Å². The summed E-state index contributed by atoms with van der Waals surface area (Å²) in [6.07, 6.45) is 5.56. The second-order valence-electron chi connectivity index (χ2n) is 6.72. The van der Waals surface area contributed by atoms with Crippen LogP contribution in [-0.4, -0.2) is 47.8 Å². The SMILES string of the molecule is Cc1cnn(CC2CN(c3ncnc4c3nnn4-c3ccccc3)C2)c1. The molecule has 1 saturated heterocycles. The summed E-state index contributed by atoms with van der Waals surface area (Å²) in [5.41, 5.74) is 3.60. The molecule has 1 aliphatic rings. The fourth-order valence-corrected chi connectivity index (χ4v) is 3.40. The van der Waals surface area contributed by atoms with E-state index >= 15 is 0 Å². The van der Waals surface area contributed by atoms with Gasteiger partial charge in [0.25, 0.3) is 0 Å². The smallest absolute Gasteiger partial charge is 0.189 e. The molecule has 4 aromatic rings. The zero-order valence-corrected chi connectivity index (χ0v) is 14.4. The fraction of sp³-hybridized carbons (Fsp3) is 0.278. The molecule has 1 fully saturated rings. The molecule has 0 saturated carbocycles. The van der Waals surface area contributed by atoms with Gasteiger partial charge in [0.1, 0.15) is 6.33 Å². The van der Waals surface area contributed by atoms with Crippen molar-refractivity contribution >= 4 is 17.0 Å². The van der Waals surface area contributed by atoms with E-state index in [4.69, 9.17) is 0 Å². The molecule has 3 aromatic heterocycles. The van der Waals surface area contributed by atoms with Gasteiger partial charge in [0.15, 0.2) is 17.0 Å². The Balaban J connectivity index is 1.38. The molecular formula is C18H18N8. The molecule has 130 valence electrons. The van der Waals surface area contributed by atoms with Crippen LogP contribution in [0.5, 0.6) is 0 Å². The lowest BCUT2D eigenvalue weighted by Gasteiger charge is -2.39. The zero-order chi connectivity index (χ0) is 17.5. The first-order valence-electron chi connectivity index (χ1n) is 8.64. The van der Waals surface area contributed by atoms with Crippen molar-refractivity contribution in [3.8, 4) is 5.69 Å². The molecule has 0 radical (unpaired) electrons. The minimum absolute atomic E-state index is 0.559. The fourth-order valence-electron chi connectivity index (χ4n) is 3.40. The summed E-state index contributed by atoms with van der Waals surface area (Å²) in [6.45, 7) is 4.85. The standard InChI is InChI=1S/C18H18N8/c1-13-7-21-25(8-13)11-14-9-24(10-14)17-16-18(20-12-19-17)26(23-22-16)15-5-3-2-4-6-15/h2-8,12,14H,9-11H2,1H3. The van der Waals surface area contributed by atoms with Crippen LogP contribution in [0.3, 0.4) is 0 Å². The highest BCUT2D eigenvalue weighted by molar-refractivity contribution is 5.84. The maximum absolute atomic E-state index is 4.46.